The molecule has 0 saturated carbocycles. The van der Waals surface area contributed by atoms with E-state index in [4.69, 9.17) is 0 Å². The van der Waals surface area contributed by atoms with Crippen molar-refractivity contribution in [1.29, 1.82) is 0 Å². The van der Waals surface area contributed by atoms with Gasteiger partial charge in [-0.05, 0) is 47.2 Å². The SMILES string of the molecule is CC(C)(C)OC=O.COC(=O)[C@H]1CCCCN1C. The molecule has 0 unspecified atom stereocenters. The Balaban J connectivity index is 0.000000360. The van der Waals surface area contributed by atoms with Crippen molar-refractivity contribution < 1.29 is 19.1 Å². The van der Waals surface area contributed by atoms with Crippen molar-refractivity contribution in [3.63, 3.8) is 0 Å². The highest BCUT2D eigenvalue weighted by molar-refractivity contribution is 5.75. The van der Waals surface area contributed by atoms with Crippen LogP contribution in [0.25, 0.3) is 0 Å². The second kappa shape index (κ2) is 8.08. The summed E-state index contributed by atoms with van der Waals surface area (Å²) in [4.78, 5) is 22.8. The summed E-state index contributed by atoms with van der Waals surface area (Å²) in [5, 5.41) is 0. The number of hydrogen-bond donors (Lipinski definition) is 0. The number of likely N-dealkylation sites (tertiary alicyclic amines) is 1. The molecule has 1 rings (SSSR count). The highest BCUT2D eigenvalue weighted by Crippen LogP contribution is 2.15. The fourth-order valence-electron chi connectivity index (χ4n) is 1.65. The van der Waals surface area contributed by atoms with Crippen LogP contribution in [0, 0.1) is 0 Å². The van der Waals surface area contributed by atoms with E-state index in [-0.39, 0.29) is 17.6 Å². The van der Waals surface area contributed by atoms with Crippen LogP contribution in [0.4, 0.5) is 0 Å². The molecule has 18 heavy (non-hydrogen) atoms. The molecule has 5 nitrogen and oxygen atoms in total. The van der Waals surface area contributed by atoms with Crippen LogP contribution in [0.5, 0.6) is 0 Å². The molecule has 0 bridgehead atoms. The fourth-order valence-corrected chi connectivity index (χ4v) is 1.65. The summed E-state index contributed by atoms with van der Waals surface area (Å²) >= 11 is 0. The first-order valence-corrected chi connectivity index (χ1v) is 6.21. The Hall–Kier alpha value is -1.10. The predicted octanol–water partition coefficient (Wildman–Crippen LogP) is 1.60. The Morgan fingerprint density at radius 1 is 1.33 bits per heavy atom. The summed E-state index contributed by atoms with van der Waals surface area (Å²) in [6.45, 7) is 6.93. The van der Waals surface area contributed by atoms with Crippen molar-refractivity contribution >= 4 is 12.4 Å². The number of piperidine rings is 1. The Labute approximate surface area is 109 Å². The van der Waals surface area contributed by atoms with E-state index in [0.717, 1.165) is 19.4 Å². The van der Waals surface area contributed by atoms with Crippen LogP contribution >= 0.6 is 0 Å². The van der Waals surface area contributed by atoms with Crippen LogP contribution in [-0.2, 0) is 19.1 Å². The molecule has 1 saturated heterocycles. The molecule has 1 fully saturated rings. The fraction of sp³-hybridized carbons (Fsp3) is 0.846. The van der Waals surface area contributed by atoms with E-state index < -0.39 is 0 Å². The third-order valence-electron chi connectivity index (χ3n) is 2.65. The van der Waals surface area contributed by atoms with Gasteiger partial charge >= 0.3 is 5.97 Å². The predicted molar refractivity (Wildman–Crippen MR) is 69.2 cm³/mol. The molecule has 5 heteroatoms. The molecule has 0 spiro atoms. The standard InChI is InChI=1S/C8H15NO2.C5H10O2/c1-9-6-4-3-5-7(9)8(10)11-2;1-5(2,3)7-4-6/h7H,3-6H2,1-2H3;4H,1-3H3/t7-;/m1./s1. The van der Waals surface area contributed by atoms with Gasteiger partial charge in [0.2, 0.25) is 0 Å². The highest BCUT2D eigenvalue weighted by Gasteiger charge is 2.25. The van der Waals surface area contributed by atoms with Gasteiger partial charge in [-0.2, -0.15) is 0 Å². The van der Waals surface area contributed by atoms with Crippen molar-refractivity contribution in [2.45, 2.75) is 51.7 Å². The third-order valence-corrected chi connectivity index (χ3v) is 2.65. The van der Waals surface area contributed by atoms with Crippen LogP contribution in [0.2, 0.25) is 0 Å². The van der Waals surface area contributed by atoms with Gasteiger partial charge in [-0.25, -0.2) is 0 Å². The molecule has 1 aliphatic heterocycles. The maximum atomic E-state index is 11.1. The van der Waals surface area contributed by atoms with Gasteiger partial charge in [-0.1, -0.05) is 6.42 Å². The normalized spacial score (nSPS) is 20.4. The average molecular weight is 259 g/mol. The smallest absolute Gasteiger partial charge is 0.323 e. The number of esters is 1. The minimum atomic E-state index is -0.318. The number of methoxy groups -OCH3 is 1. The molecule has 0 aromatic heterocycles. The number of carbonyl (C=O) groups excluding carboxylic acids is 2. The maximum Gasteiger partial charge on any atom is 0.323 e. The Kier molecular flexibility index (Phi) is 7.59. The summed E-state index contributed by atoms with van der Waals surface area (Å²) in [5.41, 5.74) is -0.318. The van der Waals surface area contributed by atoms with E-state index in [9.17, 15) is 9.59 Å². The first kappa shape index (κ1) is 16.9. The lowest BCUT2D eigenvalue weighted by molar-refractivity contribution is -0.147. The number of nitrogens with zero attached hydrogens (tertiary/aromatic N) is 1. The van der Waals surface area contributed by atoms with Gasteiger partial charge < -0.3 is 9.47 Å². The van der Waals surface area contributed by atoms with Crippen LogP contribution in [0.3, 0.4) is 0 Å². The third kappa shape index (κ3) is 7.27. The molecule has 0 N–H and O–H groups in total. The Morgan fingerprint density at radius 2 is 1.94 bits per heavy atom. The van der Waals surface area contributed by atoms with E-state index in [1.165, 1.54) is 13.5 Å². The van der Waals surface area contributed by atoms with Gasteiger partial charge in [0.1, 0.15) is 11.6 Å². The van der Waals surface area contributed by atoms with Crippen molar-refractivity contribution in [1.82, 2.24) is 4.90 Å². The zero-order valence-corrected chi connectivity index (χ0v) is 12.1. The molecular weight excluding hydrogens is 234 g/mol. The monoisotopic (exact) mass is 259 g/mol. The van der Waals surface area contributed by atoms with E-state index in [0.29, 0.717) is 6.47 Å². The molecule has 106 valence electrons. The average Bonchev–Trinajstić information content (AvgIpc) is 2.28. The second-order valence-corrected chi connectivity index (χ2v) is 5.34. The summed E-state index contributed by atoms with van der Waals surface area (Å²) < 4.78 is 9.23. The molecule has 0 radical (unpaired) electrons. The molecule has 0 aromatic carbocycles. The van der Waals surface area contributed by atoms with Gasteiger partial charge in [0.25, 0.3) is 6.47 Å². The van der Waals surface area contributed by atoms with Gasteiger partial charge in [-0.15, -0.1) is 0 Å². The molecule has 0 aromatic rings. The molecule has 1 aliphatic rings. The number of ether oxygens (including phenoxy) is 2. The van der Waals surface area contributed by atoms with Crippen molar-refractivity contribution in [3.05, 3.63) is 0 Å². The Bertz CT molecular complexity index is 260. The minimum Gasteiger partial charge on any atom is -0.468 e. The molecule has 1 atom stereocenters. The van der Waals surface area contributed by atoms with Crippen LogP contribution in [0.1, 0.15) is 40.0 Å². The van der Waals surface area contributed by atoms with Gasteiger partial charge in [0.05, 0.1) is 7.11 Å². The quantitative estimate of drug-likeness (QED) is 0.557. The van der Waals surface area contributed by atoms with E-state index in [2.05, 4.69) is 14.4 Å². The van der Waals surface area contributed by atoms with E-state index in [1.807, 2.05) is 27.8 Å². The Morgan fingerprint density at radius 3 is 2.28 bits per heavy atom. The lowest BCUT2D eigenvalue weighted by Gasteiger charge is -2.29. The largest absolute Gasteiger partial charge is 0.468 e. The van der Waals surface area contributed by atoms with Gasteiger partial charge in [-0.3, -0.25) is 14.5 Å². The zero-order valence-electron chi connectivity index (χ0n) is 12.1. The van der Waals surface area contributed by atoms with Crippen molar-refractivity contribution in [2.24, 2.45) is 0 Å². The van der Waals surface area contributed by atoms with E-state index in [1.54, 1.807) is 0 Å². The minimum absolute atomic E-state index is 0.00810. The summed E-state index contributed by atoms with van der Waals surface area (Å²) in [6.07, 6.45) is 3.29. The van der Waals surface area contributed by atoms with Crippen LogP contribution in [0.15, 0.2) is 0 Å². The van der Waals surface area contributed by atoms with Crippen molar-refractivity contribution in [3.8, 4) is 0 Å². The topological polar surface area (TPSA) is 55.8 Å². The summed E-state index contributed by atoms with van der Waals surface area (Å²) in [6, 6.07) is 0.00810. The van der Waals surface area contributed by atoms with Crippen LogP contribution in [-0.4, -0.2) is 49.7 Å². The van der Waals surface area contributed by atoms with Crippen molar-refractivity contribution in [2.75, 3.05) is 20.7 Å². The number of likely N-dealkylation sites (N-methyl/N-ethyl adjacent to an activating group) is 1. The summed E-state index contributed by atoms with van der Waals surface area (Å²) in [5.74, 6) is -0.0906. The lowest BCUT2D eigenvalue weighted by atomic mass is 10.0. The van der Waals surface area contributed by atoms with E-state index >= 15 is 0 Å². The number of rotatable bonds is 2. The molecule has 0 amide bonds. The number of carbonyl (C=O) groups is 2. The van der Waals surface area contributed by atoms with Crippen LogP contribution < -0.4 is 0 Å². The maximum absolute atomic E-state index is 11.1. The van der Waals surface area contributed by atoms with Gasteiger partial charge in [0, 0.05) is 0 Å². The lowest BCUT2D eigenvalue weighted by Crippen LogP contribution is -2.42. The molecule has 0 aliphatic carbocycles. The van der Waals surface area contributed by atoms with Gasteiger partial charge in [0.15, 0.2) is 0 Å². The summed E-state index contributed by atoms with van der Waals surface area (Å²) in [7, 11) is 3.42. The molecule has 1 heterocycles. The zero-order chi connectivity index (χ0) is 14.2. The molecular formula is C13H25NO4. The highest BCUT2D eigenvalue weighted by atomic mass is 16.5. The first-order chi connectivity index (χ1) is 8.31. The number of hydrogen-bond acceptors (Lipinski definition) is 5. The second-order valence-electron chi connectivity index (χ2n) is 5.34. The first-order valence-electron chi connectivity index (χ1n) is 6.21.